The maximum absolute atomic E-state index is 12.0. The summed E-state index contributed by atoms with van der Waals surface area (Å²) in [7, 11) is 1.64. The van der Waals surface area contributed by atoms with Crippen molar-refractivity contribution in [3.8, 4) is 0 Å². The van der Waals surface area contributed by atoms with Crippen molar-refractivity contribution in [1.29, 1.82) is 0 Å². The minimum absolute atomic E-state index is 0.0600. The van der Waals surface area contributed by atoms with Gasteiger partial charge in [-0.05, 0) is 18.6 Å². The fourth-order valence-corrected chi connectivity index (χ4v) is 3.74. The second kappa shape index (κ2) is 7.09. The lowest BCUT2D eigenvalue weighted by molar-refractivity contribution is 0.202. The summed E-state index contributed by atoms with van der Waals surface area (Å²) in [6, 6.07) is 7.37. The van der Waals surface area contributed by atoms with Crippen LogP contribution in [-0.2, 0) is 0 Å². The van der Waals surface area contributed by atoms with Gasteiger partial charge in [0.1, 0.15) is 4.33 Å². The van der Waals surface area contributed by atoms with E-state index in [2.05, 4.69) is 5.32 Å². The molecule has 1 atom stereocenters. The number of aliphatic hydroxyl groups excluding tert-OH is 1. The summed E-state index contributed by atoms with van der Waals surface area (Å²) in [5, 5.41) is 11.7. The molecule has 1 aliphatic rings. The van der Waals surface area contributed by atoms with E-state index < -0.39 is 4.33 Å². The van der Waals surface area contributed by atoms with E-state index in [9.17, 15) is 4.79 Å². The molecule has 2 amide bonds. The van der Waals surface area contributed by atoms with Gasteiger partial charge < -0.3 is 15.3 Å². The third-order valence-corrected chi connectivity index (χ3v) is 5.47. The molecule has 0 unspecified atom stereocenters. The Bertz CT molecular complexity index is 514. The number of aliphatic hydroxyl groups is 1. The topological polar surface area (TPSA) is 52.6 Å². The number of hydrogen-bond donors (Lipinski definition) is 2. The smallest absolute Gasteiger partial charge is 0.321 e. The monoisotopic (exact) mass is 348 g/mol. The third kappa shape index (κ3) is 4.68. The highest BCUT2D eigenvalue weighted by Gasteiger charge is 2.51. The van der Waals surface area contributed by atoms with Crippen molar-refractivity contribution in [3.05, 3.63) is 24.3 Å². The van der Waals surface area contributed by atoms with Crippen LogP contribution in [0.25, 0.3) is 0 Å². The number of carbonyl (C=O) groups is 1. The van der Waals surface area contributed by atoms with Crippen LogP contribution in [0.15, 0.2) is 29.2 Å². The Balaban J connectivity index is 1.95. The number of likely N-dealkylation sites (N-methyl/N-ethyl adjacent to an activating group) is 1. The average Bonchev–Trinajstić information content (AvgIpc) is 3.05. The number of benzene rings is 1. The summed E-state index contributed by atoms with van der Waals surface area (Å²) in [6.45, 7) is 0.236. The van der Waals surface area contributed by atoms with Crippen molar-refractivity contribution in [2.24, 2.45) is 5.92 Å². The van der Waals surface area contributed by atoms with E-state index in [-0.39, 0.29) is 12.6 Å². The third-order valence-electron chi connectivity index (χ3n) is 3.31. The summed E-state index contributed by atoms with van der Waals surface area (Å²) >= 11 is 13.7. The van der Waals surface area contributed by atoms with Crippen LogP contribution < -0.4 is 5.32 Å². The van der Waals surface area contributed by atoms with E-state index in [4.69, 9.17) is 28.3 Å². The molecule has 1 aliphatic carbocycles. The highest BCUT2D eigenvalue weighted by atomic mass is 35.5. The number of nitrogens with zero attached hydrogens (tertiary/aromatic N) is 1. The number of anilines is 1. The van der Waals surface area contributed by atoms with Crippen LogP contribution >= 0.6 is 35.0 Å². The van der Waals surface area contributed by atoms with Gasteiger partial charge >= 0.3 is 6.03 Å². The lowest BCUT2D eigenvalue weighted by Crippen LogP contribution is -2.33. The number of alkyl halides is 2. The van der Waals surface area contributed by atoms with Crippen LogP contribution in [0.5, 0.6) is 0 Å². The number of thioether (sulfide) groups is 1. The van der Waals surface area contributed by atoms with Crippen molar-refractivity contribution in [2.75, 3.05) is 31.3 Å². The maximum atomic E-state index is 12.0. The molecule has 0 bridgehead atoms. The SMILES string of the molecule is CN(CCO)C(=O)Nc1ccccc1SC[C@H]1CC1(Cl)Cl. The highest BCUT2D eigenvalue weighted by molar-refractivity contribution is 7.99. The Morgan fingerprint density at radius 1 is 1.52 bits per heavy atom. The molecule has 0 radical (unpaired) electrons. The number of halogens is 2. The first-order valence-electron chi connectivity index (χ1n) is 6.66. The molecule has 2 rings (SSSR count). The molecule has 0 aliphatic heterocycles. The van der Waals surface area contributed by atoms with Gasteiger partial charge in [0.15, 0.2) is 0 Å². The molecule has 0 heterocycles. The van der Waals surface area contributed by atoms with E-state index in [1.165, 1.54) is 4.90 Å². The van der Waals surface area contributed by atoms with Crippen LogP contribution in [0.3, 0.4) is 0 Å². The molecule has 1 saturated carbocycles. The molecule has 116 valence electrons. The second-order valence-corrected chi connectivity index (χ2v) is 7.65. The molecular formula is C14H18Cl2N2O2S. The zero-order valence-electron chi connectivity index (χ0n) is 11.7. The standard InChI is InChI=1S/C14H18Cl2N2O2S/c1-18(6-7-19)13(20)17-11-4-2-3-5-12(11)21-9-10-8-14(10,15)16/h2-5,10,19H,6-9H2,1H3,(H,17,20)/t10-/m1/s1. The molecule has 0 aromatic heterocycles. The zero-order chi connectivity index (χ0) is 15.5. The van der Waals surface area contributed by atoms with Crippen molar-refractivity contribution >= 4 is 46.7 Å². The number of amides is 2. The number of carbonyl (C=O) groups excluding carboxylic acids is 1. The number of urea groups is 1. The molecule has 7 heteroatoms. The van der Waals surface area contributed by atoms with Gasteiger partial charge in [-0.1, -0.05) is 12.1 Å². The van der Waals surface area contributed by atoms with Crippen LogP contribution in [0.4, 0.5) is 10.5 Å². The fourth-order valence-electron chi connectivity index (χ4n) is 1.80. The van der Waals surface area contributed by atoms with Crippen LogP contribution in [0.1, 0.15) is 6.42 Å². The molecule has 0 saturated heterocycles. The van der Waals surface area contributed by atoms with Crippen LogP contribution in [0, 0.1) is 5.92 Å². The maximum Gasteiger partial charge on any atom is 0.321 e. The summed E-state index contributed by atoms with van der Waals surface area (Å²) in [6.07, 6.45) is 0.816. The normalized spacial score (nSPS) is 19.1. The summed E-state index contributed by atoms with van der Waals surface area (Å²) in [5.41, 5.74) is 0.757. The van der Waals surface area contributed by atoms with Gasteiger partial charge in [0.2, 0.25) is 0 Å². The minimum atomic E-state index is -0.577. The van der Waals surface area contributed by atoms with Crippen molar-refractivity contribution < 1.29 is 9.90 Å². The quantitative estimate of drug-likeness (QED) is 0.611. The molecule has 1 aromatic rings. The average molecular weight is 349 g/mol. The summed E-state index contributed by atoms with van der Waals surface area (Å²) in [4.78, 5) is 14.4. The number of para-hydroxylation sites is 1. The molecule has 0 spiro atoms. The minimum Gasteiger partial charge on any atom is -0.395 e. The zero-order valence-corrected chi connectivity index (χ0v) is 14.0. The van der Waals surface area contributed by atoms with E-state index in [1.807, 2.05) is 24.3 Å². The van der Waals surface area contributed by atoms with E-state index in [0.717, 1.165) is 22.8 Å². The van der Waals surface area contributed by atoms with Crippen LogP contribution in [0.2, 0.25) is 0 Å². The number of rotatable bonds is 6. The number of hydrogen-bond acceptors (Lipinski definition) is 3. The highest BCUT2D eigenvalue weighted by Crippen LogP contribution is 2.55. The van der Waals surface area contributed by atoms with Crippen LogP contribution in [-0.4, -0.2) is 46.3 Å². The molecule has 4 nitrogen and oxygen atoms in total. The Labute approximate surface area is 138 Å². The van der Waals surface area contributed by atoms with Gasteiger partial charge in [-0.2, -0.15) is 0 Å². The second-order valence-electron chi connectivity index (χ2n) is 5.04. The van der Waals surface area contributed by atoms with Gasteiger partial charge in [0.25, 0.3) is 0 Å². The van der Waals surface area contributed by atoms with Crippen molar-refractivity contribution in [3.63, 3.8) is 0 Å². The van der Waals surface area contributed by atoms with E-state index in [1.54, 1.807) is 18.8 Å². The van der Waals surface area contributed by atoms with Gasteiger partial charge in [-0.25, -0.2) is 4.79 Å². The molecule has 1 aromatic carbocycles. The Morgan fingerprint density at radius 3 is 2.81 bits per heavy atom. The van der Waals surface area contributed by atoms with E-state index in [0.29, 0.717) is 12.5 Å². The summed E-state index contributed by atoms with van der Waals surface area (Å²) < 4.78 is -0.577. The van der Waals surface area contributed by atoms with Crippen molar-refractivity contribution in [2.45, 2.75) is 15.6 Å². The van der Waals surface area contributed by atoms with Gasteiger partial charge in [-0.3, -0.25) is 0 Å². The first-order chi connectivity index (χ1) is 9.94. The van der Waals surface area contributed by atoms with E-state index >= 15 is 0 Å². The molecule has 2 N–H and O–H groups in total. The molecular weight excluding hydrogens is 331 g/mol. The van der Waals surface area contributed by atoms with Gasteiger partial charge in [0, 0.05) is 30.2 Å². The summed E-state index contributed by atoms with van der Waals surface area (Å²) in [5.74, 6) is 1.12. The fraction of sp³-hybridized carbons (Fsp3) is 0.500. The first kappa shape index (κ1) is 16.7. The Morgan fingerprint density at radius 2 is 2.19 bits per heavy atom. The lowest BCUT2D eigenvalue weighted by atomic mass is 10.3. The first-order valence-corrected chi connectivity index (χ1v) is 8.41. The lowest BCUT2D eigenvalue weighted by Gasteiger charge is -2.18. The number of nitrogens with one attached hydrogen (secondary N) is 1. The predicted molar refractivity (Wildman–Crippen MR) is 88.4 cm³/mol. The molecule has 1 fully saturated rings. The van der Waals surface area contributed by atoms with Crippen molar-refractivity contribution in [1.82, 2.24) is 4.90 Å². The van der Waals surface area contributed by atoms with Gasteiger partial charge in [0.05, 0.1) is 12.3 Å². The Hall–Kier alpha value is -0.620. The predicted octanol–water partition coefficient (Wildman–Crippen LogP) is 3.43. The molecule has 21 heavy (non-hydrogen) atoms. The van der Waals surface area contributed by atoms with Gasteiger partial charge in [-0.15, -0.1) is 35.0 Å². The Kier molecular flexibility index (Phi) is 5.66. The largest absolute Gasteiger partial charge is 0.395 e.